The summed E-state index contributed by atoms with van der Waals surface area (Å²) in [4.78, 5) is 14.9. The zero-order valence-corrected chi connectivity index (χ0v) is 32.8. The van der Waals surface area contributed by atoms with Crippen LogP contribution in [0.2, 0.25) is 0 Å². The third kappa shape index (κ3) is 6.48. The fourth-order valence-corrected chi connectivity index (χ4v) is 8.90. The minimum absolute atomic E-state index is 0.0341. The molecule has 2 heterocycles. The standard InChI is InChI=1S/C45H18B11N3S/c46-30-26(25-31(47)38(54)40(56)39(55)32(25)48)36(52)41-27(33(30)49)28-34(50)35(51)29(37(53)42(28)60-41)45-58-43(23-15-11-21(12-16-23)19-7-3-1-4-8-19)57-44(59-45)24-17-13-22(14-18-24)20-9-5-2-6-10-20/h1-18H. The molecule has 252 valence electrons. The zero-order valence-electron chi connectivity index (χ0n) is 32.0. The molecular formula is C45H18B11N3S. The SMILES string of the molecule is [B]c1c([B])c([B])c(-c2c([B])c([B])c3c(sc4c([B])c(-c5nc(-c6ccc(-c7ccccc7)cc6)nc(-c6ccc(-c7ccccc7)cc6)n5)c([B])c([B])c43)c2[B])c([B])c1[B]. The number of fused-ring (bicyclic) bond motifs is 3. The van der Waals surface area contributed by atoms with Crippen LogP contribution >= 0.6 is 11.3 Å². The van der Waals surface area contributed by atoms with Crippen LogP contribution in [-0.2, 0) is 0 Å². The van der Waals surface area contributed by atoms with Crippen molar-refractivity contribution in [2.75, 3.05) is 0 Å². The van der Waals surface area contributed by atoms with Gasteiger partial charge in [-0.15, -0.1) is 27.7 Å². The van der Waals surface area contributed by atoms with E-state index < -0.39 is 0 Å². The minimum atomic E-state index is 0.0341. The molecule has 0 aliphatic carbocycles. The van der Waals surface area contributed by atoms with E-state index in [2.05, 4.69) is 24.3 Å². The molecule has 0 aliphatic heterocycles. The Bertz CT molecular complexity index is 3060. The van der Waals surface area contributed by atoms with Crippen LogP contribution in [0.5, 0.6) is 0 Å². The van der Waals surface area contributed by atoms with Crippen molar-refractivity contribution in [3.63, 3.8) is 0 Å². The number of hydrogen-bond acceptors (Lipinski definition) is 4. The lowest BCUT2D eigenvalue weighted by Crippen LogP contribution is -2.56. The number of nitrogens with zero attached hydrogens (tertiary/aromatic N) is 3. The van der Waals surface area contributed by atoms with Crippen LogP contribution in [0.15, 0.2) is 109 Å². The van der Waals surface area contributed by atoms with Crippen LogP contribution in [0.25, 0.3) is 87.7 Å². The van der Waals surface area contributed by atoms with Gasteiger partial charge in [-0.2, -0.15) is 0 Å². The van der Waals surface area contributed by atoms with E-state index in [1.165, 1.54) is 11.3 Å². The third-order valence-electron chi connectivity index (χ3n) is 10.9. The van der Waals surface area contributed by atoms with Gasteiger partial charge in [0, 0.05) is 26.1 Å². The van der Waals surface area contributed by atoms with Gasteiger partial charge in [0.2, 0.25) is 0 Å². The van der Waals surface area contributed by atoms with E-state index in [1.54, 1.807) is 0 Å². The second-order valence-corrected chi connectivity index (χ2v) is 15.4. The Balaban J connectivity index is 1.26. The zero-order chi connectivity index (χ0) is 42.1. The highest BCUT2D eigenvalue weighted by atomic mass is 32.1. The highest BCUT2D eigenvalue weighted by Gasteiger charge is 2.25. The first-order valence-electron chi connectivity index (χ1n) is 18.6. The summed E-state index contributed by atoms with van der Waals surface area (Å²) in [6.45, 7) is 0. The Morgan fingerprint density at radius 2 is 0.567 bits per heavy atom. The van der Waals surface area contributed by atoms with Gasteiger partial charge in [-0.05, 0) is 44.2 Å². The Hall–Kier alpha value is -5.52. The Labute approximate surface area is 367 Å². The first-order valence-corrected chi connectivity index (χ1v) is 19.5. The van der Waals surface area contributed by atoms with Crippen molar-refractivity contribution in [2.24, 2.45) is 0 Å². The van der Waals surface area contributed by atoms with Crippen LogP contribution < -0.4 is 60.1 Å². The molecule has 0 atom stereocenters. The van der Waals surface area contributed by atoms with Crippen molar-refractivity contribution >= 4 is 178 Å². The Morgan fingerprint density at radius 3 is 1.00 bits per heavy atom. The lowest BCUT2D eigenvalue weighted by Gasteiger charge is -2.26. The molecule has 9 aromatic rings. The summed E-state index contributed by atoms with van der Waals surface area (Å²) >= 11 is 1.24. The van der Waals surface area contributed by atoms with Gasteiger partial charge in [0.1, 0.15) is 86.3 Å². The number of benzene rings is 7. The van der Waals surface area contributed by atoms with E-state index in [9.17, 15) is 0 Å². The second-order valence-electron chi connectivity index (χ2n) is 14.4. The summed E-state index contributed by atoms with van der Waals surface area (Å²) in [6, 6.07) is 36.1. The van der Waals surface area contributed by atoms with Crippen molar-refractivity contribution in [3.05, 3.63) is 109 Å². The monoisotopic (exact) mass is 753 g/mol. The molecule has 9 rings (SSSR count). The maximum absolute atomic E-state index is 7.10. The fourth-order valence-electron chi connectivity index (χ4n) is 7.64. The summed E-state index contributed by atoms with van der Waals surface area (Å²) in [7, 11) is 72.9. The summed E-state index contributed by atoms with van der Waals surface area (Å²) in [6.07, 6.45) is 0. The van der Waals surface area contributed by atoms with Gasteiger partial charge in [0.25, 0.3) is 0 Å². The van der Waals surface area contributed by atoms with E-state index in [1.807, 2.05) is 84.9 Å². The second kappa shape index (κ2) is 15.5. The molecule has 3 nitrogen and oxygen atoms in total. The third-order valence-corrected chi connectivity index (χ3v) is 12.2. The quantitative estimate of drug-likeness (QED) is 0.205. The molecule has 0 aliphatic rings. The Kier molecular flexibility index (Phi) is 10.3. The maximum Gasteiger partial charge on any atom is 0.164 e. The number of aromatic nitrogens is 3. The molecule has 0 spiro atoms. The smallest absolute Gasteiger partial charge is 0.164 e. The molecule has 0 unspecified atom stereocenters. The van der Waals surface area contributed by atoms with E-state index in [0.29, 0.717) is 37.4 Å². The van der Waals surface area contributed by atoms with Crippen molar-refractivity contribution in [3.8, 4) is 67.5 Å². The summed E-state index contributed by atoms with van der Waals surface area (Å²) in [5.74, 6) is 1.02. The first-order chi connectivity index (χ1) is 28.8. The molecule has 22 radical (unpaired) electrons. The molecule has 0 saturated heterocycles. The molecule has 0 amide bonds. The number of thiophene rings is 1. The van der Waals surface area contributed by atoms with Crippen LogP contribution in [0.1, 0.15) is 0 Å². The van der Waals surface area contributed by atoms with Gasteiger partial charge >= 0.3 is 0 Å². The van der Waals surface area contributed by atoms with Gasteiger partial charge in [-0.1, -0.05) is 153 Å². The highest BCUT2D eigenvalue weighted by molar-refractivity contribution is 7.28. The molecule has 7 aromatic carbocycles. The maximum atomic E-state index is 7.10. The summed E-state index contributed by atoms with van der Waals surface area (Å²) in [5, 5.41) is 0.926. The van der Waals surface area contributed by atoms with E-state index in [4.69, 9.17) is 101 Å². The van der Waals surface area contributed by atoms with Crippen LogP contribution in [-0.4, -0.2) is 101 Å². The van der Waals surface area contributed by atoms with Crippen LogP contribution in [0.4, 0.5) is 0 Å². The molecule has 0 bridgehead atoms. The molecule has 60 heavy (non-hydrogen) atoms. The predicted molar refractivity (Wildman–Crippen MR) is 265 cm³/mol. The lowest BCUT2D eigenvalue weighted by molar-refractivity contribution is 1.08. The summed E-state index contributed by atoms with van der Waals surface area (Å²) < 4.78 is 1.03. The topological polar surface area (TPSA) is 38.7 Å². The number of rotatable bonds is 6. The average molecular weight is 752 g/mol. The molecule has 0 N–H and O–H groups in total. The van der Waals surface area contributed by atoms with E-state index in [-0.39, 0.29) is 77.0 Å². The van der Waals surface area contributed by atoms with Crippen LogP contribution in [0, 0.1) is 0 Å². The van der Waals surface area contributed by atoms with Gasteiger partial charge < -0.3 is 0 Å². The van der Waals surface area contributed by atoms with Crippen molar-refractivity contribution < 1.29 is 0 Å². The lowest BCUT2D eigenvalue weighted by atomic mass is 9.57. The summed E-state index contributed by atoms with van der Waals surface area (Å²) in [5.41, 5.74) is 7.70. The minimum Gasteiger partial charge on any atom is -0.208 e. The van der Waals surface area contributed by atoms with Gasteiger partial charge in [0.05, 0.1) is 0 Å². The first kappa shape index (κ1) is 39.9. The van der Waals surface area contributed by atoms with Gasteiger partial charge in [-0.25, -0.2) is 15.0 Å². The van der Waals surface area contributed by atoms with Crippen molar-refractivity contribution in [2.45, 2.75) is 0 Å². The largest absolute Gasteiger partial charge is 0.208 e. The number of hydrogen-bond donors (Lipinski definition) is 0. The molecule has 15 heteroatoms. The highest BCUT2D eigenvalue weighted by Crippen LogP contribution is 2.33. The van der Waals surface area contributed by atoms with Crippen molar-refractivity contribution in [1.82, 2.24) is 15.0 Å². The molecule has 0 fully saturated rings. The molecular weight excluding hydrogens is 734 g/mol. The molecule has 0 saturated carbocycles. The average Bonchev–Trinajstić information content (AvgIpc) is 3.70. The molecule has 2 aromatic heterocycles. The van der Waals surface area contributed by atoms with E-state index in [0.717, 1.165) is 33.4 Å². The fraction of sp³-hybridized carbons (Fsp3) is 0. The predicted octanol–water partition coefficient (Wildman–Crippen LogP) is -1.03. The Morgan fingerprint density at radius 1 is 0.267 bits per heavy atom. The van der Waals surface area contributed by atoms with Gasteiger partial charge in [0.15, 0.2) is 17.5 Å². The van der Waals surface area contributed by atoms with Crippen LogP contribution in [0.3, 0.4) is 0 Å². The van der Waals surface area contributed by atoms with Crippen molar-refractivity contribution in [1.29, 1.82) is 0 Å². The van der Waals surface area contributed by atoms with Gasteiger partial charge in [-0.3, -0.25) is 0 Å². The van der Waals surface area contributed by atoms with E-state index >= 15 is 0 Å². The normalized spacial score (nSPS) is 11.4.